The van der Waals surface area contributed by atoms with Gasteiger partial charge in [-0.25, -0.2) is 8.78 Å². The fourth-order valence-corrected chi connectivity index (χ4v) is 3.05. The Hall–Kier alpha value is -0.970. The van der Waals surface area contributed by atoms with Crippen LogP contribution in [0.15, 0.2) is 40.9 Å². The molecule has 21 heavy (non-hydrogen) atoms. The molecule has 0 aromatic heterocycles. The quantitative estimate of drug-likeness (QED) is 0.751. The van der Waals surface area contributed by atoms with Gasteiger partial charge in [-0.05, 0) is 42.3 Å². The summed E-state index contributed by atoms with van der Waals surface area (Å²) in [6, 6.07) is 9.61. The van der Waals surface area contributed by atoms with Crippen molar-refractivity contribution < 1.29 is 8.78 Å². The van der Waals surface area contributed by atoms with E-state index in [1.807, 2.05) is 19.1 Å². The van der Waals surface area contributed by atoms with Gasteiger partial charge in [0.1, 0.15) is 0 Å². The largest absolute Gasteiger partial charge is 0.310 e. The normalized spacial score (nSPS) is 12.4. The average molecular weight is 375 g/mol. The highest BCUT2D eigenvalue weighted by Crippen LogP contribution is 2.29. The molecule has 0 radical (unpaired) electrons. The van der Waals surface area contributed by atoms with Gasteiger partial charge in [-0.15, -0.1) is 0 Å². The molecular weight excluding hydrogens is 360 g/mol. The second-order valence-corrected chi connectivity index (χ2v) is 6.02. The van der Waals surface area contributed by atoms with Crippen molar-refractivity contribution in [2.45, 2.75) is 19.4 Å². The number of halogens is 4. The second-order valence-electron chi connectivity index (χ2n) is 4.69. The van der Waals surface area contributed by atoms with Crippen LogP contribution in [-0.4, -0.2) is 6.54 Å². The smallest absolute Gasteiger partial charge is 0.162 e. The van der Waals surface area contributed by atoms with Crippen LogP contribution < -0.4 is 5.32 Å². The topological polar surface area (TPSA) is 12.0 Å². The SMILES string of the molecule is CCNC(Cc1cccc(F)c1F)c1ccc(Br)cc1Cl. The third kappa shape index (κ3) is 4.02. The van der Waals surface area contributed by atoms with Crippen molar-refractivity contribution >= 4 is 27.5 Å². The number of hydrogen-bond donors (Lipinski definition) is 1. The summed E-state index contributed by atoms with van der Waals surface area (Å²) in [6.07, 6.45) is 0.332. The zero-order chi connectivity index (χ0) is 15.4. The van der Waals surface area contributed by atoms with Gasteiger partial charge in [0.15, 0.2) is 11.6 Å². The van der Waals surface area contributed by atoms with E-state index in [0.29, 0.717) is 23.6 Å². The molecule has 1 unspecified atom stereocenters. The molecule has 0 spiro atoms. The molecule has 2 aromatic carbocycles. The van der Waals surface area contributed by atoms with Crippen molar-refractivity contribution in [3.63, 3.8) is 0 Å². The molecule has 0 saturated carbocycles. The number of hydrogen-bond acceptors (Lipinski definition) is 1. The maximum Gasteiger partial charge on any atom is 0.162 e. The summed E-state index contributed by atoms with van der Waals surface area (Å²) in [6.45, 7) is 2.66. The van der Waals surface area contributed by atoms with Crippen LogP contribution in [0.25, 0.3) is 0 Å². The number of rotatable bonds is 5. The maximum atomic E-state index is 13.8. The van der Waals surface area contributed by atoms with E-state index in [-0.39, 0.29) is 6.04 Å². The third-order valence-corrected chi connectivity index (χ3v) is 4.06. The molecule has 2 rings (SSSR count). The minimum atomic E-state index is -0.829. The molecule has 1 atom stereocenters. The molecule has 0 bridgehead atoms. The minimum absolute atomic E-state index is 0.174. The Balaban J connectivity index is 2.33. The van der Waals surface area contributed by atoms with Crippen LogP contribution >= 0.6 is 27.5 Å². The standard InChI is InChI=1S/C16H15BrClF2N/c1-2-21-15(12-7-6-11(17)9-13(12)18)8-10-4-3-5-14(19)16(10)20/h3-7,9,15,21H,2,8H2,1H3. The Morgan fingerprint density at radius 2 is 2.00 bits per heavy atom. The number of likely N-dealkylation sites (N-methyl/N-ethyl adjacent to an activating group) is 1. The van der Waals surface area contributed by atoms with Gasteiger partial charge in [-0.1, -0.05) is 52.7 Å². The molecule has 0 heterocycles. The lowest BCUT2D eigenvalue weighted by Gasteiger charge is -2.20. The molecule has 0 amide bonds. The lowest BCUT2D eigenvalue weighted by Crippen LogP contribution is -2.23. The maximum absolute atomic E-state index is 13.8. The Labute approximate surface area is 136 Å². The van der Waals surface area contributed by atoms with E-state index >= 15 is 0 Å². The predicted octanol–water partition coefficient (Wildman–Crippen LogP) is 5.27. The van der Waals surface area contributed by atoms with Crippen molar-refractivity contribution in [2.75, 3.05) is 6.54 Å². The van der Waals surface area contributed by atoms with Crippen molar-refractivity contribution in [1.29, 1.82) is 0 Å². The van der Waals surface area contributed by atoms with Crippen molar-refractivity contribution in [2.24, 2.45) is 0 Å². The highest BCUT2D eigenvalue weighted by Gasteiger charge is 2.18. The average Bonchev–Trinajstić information content (AvgIpc) is 2.43. The molecule has 2 aromatic rings. The van der Waals surface area contributed by atoms with Gasteiger partial charge in [0.25, 0.3) is 0 Å². The molecule has 1 nitrogen and oxygen atoms in total. The summed E-state index contributed by atoms with van der Waals surface area (Å²) in [4.78, 5) is 0. The first-order chi connectivity index (χ1) is 10.0. The van der Waals surface area contributed by atoms with Crippen LogP contribution in [0.1, 0.15) is 24.1 Å². The highest BCUT2D eigenvalue weighted by molar-refractivity contribution is 9.10. The predicted molar refractivity (Wildman–Crippen MR) is 85.6 cm³/mol. The van der Waals surface area contributed by atoms with E-state index in [1.54, 1.807) is 12.1 Å². The van der Waals surface area contributed by atoms with Crippen LogP contribution in [0.3, 0.4) is 0 Å². The monoisotopic (exact) mass is 373 g/mol. The summed E-state index contributed by atoms with van der Waals surface area (Å²) >= 11 is 9.62. The molecule has 0 saturated heterocycles. The van der Waals surface area contributed by atoms with Crippen LogP contribution in [0.5, 0.6) is 0 Å². The van der Waals surface area contributed by atoms with Crippen molar-refractivity contribution in [1.82, 2.24) is 5.32 Å². The molecule has 0 aliphatic rings. The third-order valence-electron chi connectivity index (χ3n) is 3.24. The van der Waals surface area contributed by atoms with E-state index < -0.39 is 11.6 Å². The van der Waals surface area contributed by atoms with Gasteiger partial charge in [0.05, 0.1) is 0 Å². The van der Waals surface area contributed by atoms with Gasteiger partial charge in [0.2, 0.25) is 0 Å². The summed E-state index contributed by atoms with van der Waals surface area (Å²) in [7, 11) is 0. The van der Waals surface area contributed by atoms with Crippen molar-refractivity contribution in [3.05, 3.63) is 68.7 Å². The van der Waals surface area contributed by atoms with Crippen LogP contribution in [0.4, 0.5) is 8.78 Å². The highest BCUT2D eigenvalue weighted by atomic mass is 79.9. The molecule has 1 N–H and O–H groups in total. The van der Waals surface area contributed by atoms with E-state index in [4.69, 9.17) is 11.6 Å². The Morgan fingerprint density at radius 1 is 1.24 bits per heavy atom. The van der Waals surface area contributed by atoms with Crippen LogP contribution in [0, 0.1) is 11.6 Å². The molecule has 0 aliphatic heterocycles. The number of benzene rings is 2. The summed E-state index contributed by atoms with van der Waals surface area (Å²) in [5.41, 5.74) is 1.20. The minimum Gasteiger partial charge on any atom is -0.310 e. The number of nitrogens with one attached hydrogen (secondary N) is 1. The zero-order valence-electron chi connectivity index (χ0n) is 11.5. The first kappa shape index (κ1) is 16.4. The van der Waals surface area contributed by atoms with E-state index in [0.717, 1.165) is 16.1 Å². The Morgan fingerprint density at radius 3 is 2.67 bits per heavy atom. The first-order valence-electron chi connectivity index (χ1n) is 6.64. The Bertz CT molecular complexity index is 634. The summed E-state index contributed by atoms with van der Waals surface area (Å²) in [5, 5.41) is 3.86. The van der Waals surface area contributed by atoms with Gasteiger partial charge in [0, 0.05) is 15.5 Å². The lowest BCUT2D eigenvalue weighted by atomic mass is 9.98. The van der Waals surface area contributed by atoms with E-state index in [2.05, 4.69) is 21.2 Å². The molecule has 0 aliphatic carbocycles. The molecule has 5 heteroatoms. The Kier molecular flexibility index (Phi) is 5.73. The summed E-state index contributed by atoms with van der Waals surface area (Å²) < 4.78 is 28.0. The molecule has 0 fully saturated rings. The summed E-state index contributed by atoms with van der Waals surface area (Å²) in [5.74, 6) is -1.63. The van der Waals surface area contributed by atoms with Crippen LogP contribution in [0.2, 0.25) is 5.02 Å². The van der Waals surface area contributed by atoms with E-state index in [9.17, 15) is 8.78 Å². The molecule has 112 valence electrons. The lowest BCUT2D eigenvalue weighted by molar-refractivity contribution is 0.481. The van der Waals surface area contributed by atoms with Gasteiger partial charge in [-0.3, -0.25) is 0 Å². The fourth-order valence-electron chi connectivity index (χ4n) is 2.25. The fraction of sp³-hybridized carbons (Fsp3) is 0.250. The van der Waals surface area contributed by atoms with E-state index in [1.165, 1.54) is 6.07 Å². The first-order valence-corrected chi connectivity index (χ1v) is 7.81. The van der Waals surface area contributed by atoms with Crippen molar-refractivity contribution in [3.8, 4) is 0 Å². The van der Waals surface area contributed by atoms with Gasteiger partial charge in [-0.2, -0.15) is 0 Å². The van der Waals surface area contributed by atoms with Gasteiger partial charge < -0.3 is 5.32 Å². The zero-order valence-corrected chi connectivity index (χ0v) is 13.8. The van der Waals surface area contributed by atoms with Gasteiger partial charge >= 0.3 is 0 Å². The second kappa shape index (κ2) is 7.34. The molecular formula is C16H15BrClF2N. The van der Waals surface area contributed by atoms with Crippen LogP contribution in [-0.2, 0) is 6.42 Å².